The number of nitrogens with one attached hydrogen (secondary N) is 2. The standard InChI is InChI=1S/C12H20N4/c1-3-10-11(13-4-2)15-8-16-12(10)14-7-9-5-6-9/h8-9H,3-7H2,1-2H3,(H2,13,14,15,16). The number of rotatable bonds is 6. The third-order valence-electron chi connectivity index (χ3n) is 2.90. The van der Waals surface area contributed by atoms with Gasteiger partial charge in [-0.15, -0.1) is 0 Å². The number of anilines is 2. The van der Waals surface area contributed by atoms with Crippen LogP contribution in [0.2, 0.25) is 0 Å². The van der Waals surface area contributed by atoms with Gasteiger partial charge in [-0.2, -0.15) is 0 Å². The summed E-state index contributed by atoms with van der Waals surface area (Å²) in [6.07, 6.45) is 5.31. The third-order valence-corrected chi connectivity index (χ3v) is 2.90. The van der Waals surface area contributed by atoms with E-state index in [2.05, 4.69) is 34.4 Å². The Morgan fingerprint density at radius 1 is 1.19 bits per heavy atom. The second-order valence-electron chi connectivity index (χ2n) is 4.26. The molecule has 0 atom stereocenters. The third kappa shape index (κ3) is 2.62. The molecule has 2 rings (SSSR count). The van der Waals surface area contributed by atoms with Crippen LogP contribution < -0.4 is 10.6 Å². The molecule has 0 amide bonds. The molecule has 1 aromatic heterocycles. The molecule has 1 aliphatic rings. The van der Waals surface area contributed by atoms with E-state index in [0.29, 0.717) is 0 Å². The fourth-order valence-electron chi connectivity index (χ4n) is 1.78. The molecule has 1 saturated carbocycles. The molecule has 0 unspecified atom stereocenters. The summed E-state index contributed by atoms with van der Waals surface area (Å²) < 4.78 is 0. The van der Waals surface area contributed by atoms with Crippen LogP contribution in [0, 0.1) is 5.92 Å². The summed E-state index contributed by atoms with van der Waals surface area (Å²) in [5.74, 6) is 2.83. The summed E-state index contributed by atoms with van der Waals surface area (Å²) in [5.41, 5.74) is 1.20. The normalized spacial score (nSPS) is 14.9. The number of hydrogen-bond acceptors (Lipinski definition) is 4. The van der Waals surface area contributed by atoms with E-state index >= 15 is 0 Å². The Balaban J connectivity index is 2.10. The largest absolute Gasteiger partial charge is 0.370 e. The summed E-state index contributed by atoms with van der Waals surface area (Å²) in [5, 5.41) is 6.71. The lowest BCUT2D eigenvalue weighted by atomic mass is 10.2. The van der Waals surface area contributed by atoms with Crippen molar-refractivity contribution in [1.82, 2.24) is 9.97 Å². The molecule has 0 aliphatic heterocycles. The lowest BCUT2D eigenvalue weighted by molar-refractivity contribution is 0.874. The highest BCUT2D eigenvalue weighted by molar-refractivity contribution is 5.57. The van der Waals surface area contributed by atoms with Crippen molar-refractivity contribution < 1.29 is 0 Å². The molecule has 4 heteroatoms. The topological polar surface area (TPSA) is 49.8 Å². The predicted octanol–water partition coefficient (Wildman–Crippen LogP) is 2.29. The molecule has 88 valence electrons. The quantitative estimate of drug-likeness (QED) is 0.772. The molecular weight excluding hydrogens is 200 g/mol. The molecular formula is C12H20N4. The van der Waals surface area contributed by atoms with Crippen molar-refractivity contribution in [3.05, 3.63) is 11.9 Å². The minimum atomic E-state index is 0.863. The summed E-state index contributed by atoms with van der Waals surface area (Å²) in [4.78, 5) is 8.61. The van der Waals surface area contributed by atoms with Crippen molar-refractivity contribution in [2.24, 2.45) is 5.92 Å². The van der Waals surface area contributed by atoms with E-state index in [-0.39, 0.29) is 0 Å². The van der Waals surface area contributed by atoms with Gasteiger partial charge in [0.2, 0.25) is 0 Å². The highest BCUT2D eigenvalue weighted by Gasteiger charge is 2.21. The molecule has 16 heavy (non-hydrogen) atoms. The van der Waals surface area contributed by atoms with E-state index in [0.717, 1.165) is 37.1 Å². The monoisotopic (exact) mass is 220 g/mol. The first-order valence-electron chi connectivity index (χ1n) is 6.16. The Hall–Kier alpha value is -1.32. The van der Waals surface area contributed by atoms with Gasteiger partial charge in [-0.1, -0.05) is 6.92 Å². The van der Waals surface area contributed by atoms with Crippen molar-refractivity contribution in [2.75, 3.05) is 23.7 Å². The predicted molar refractivity (Wildman–Crippen MR) is 66.8 cm³/mol. The molecule has 0 aromatic carbocycles. The van der Waals surface area contributed by atoms with Crippen LogP contribution in [0.15, 0.2) is 6.33 Å². The molecule has 0 saturated heterocycles. The highest BCUT2D eigenvalue weighted by Crippen LogP contribution is 2.29. The van der Waals surface area contributed by atoms with Crippen LogP contribution in [0.4, 0.5) is 11.6 Å². The fraction of sp³-hybridized carbons (Fsp3) is 0.667. The van der Waals surface area contributed by atoms with Gasteiger partial charge in [0.1, 0.15) is 18.0 Å². The van der Waals surface area contributed by atoms with E-state index in [9.17, 15) is 0 Å². The Morgan fingerprint density at radius 3 is 2.44 bits per heavy atom. The smallest absolute Gasteiger partial charge is 0.134 e. The van der Waals surface area contributed by atoms with Crippen molar-refractivity contribution in [3.63, 3.8) is 0 Å². The fourth-order valence-corrected chi connectivity index (χ4v) is 1.78. The van der Waals surface area contributed by atoms with Crippen molar-refractivity contribution in [2.45, 2.75) is 33.1 Å². The maximum atomic E-state index is 4.33. The first-order valence-corrected chi connectivity index (χ1v) is 6.16. The Morgan fingerprint density at radius 2 is 1.88 bits per heavy atom. The average Bonchev–Trinajstić information content (AvgIpc) is 3.11. The van der Waals surface area contributed by atoms with Gasteiger partial charge in [0, 0.05) is 18.7 Å². The molecule has 1 fully saturated rings. The lowest BCUT2D eigenvalue weighted by Crippen LogP contribution is -2.11. The Kier molecular flexibility index (Phi) is 3.59. The summed E-state index contributed by atoms with van der Waals surface area (Å²) in [6, 6.07) is 0. The highest BCUT2D eigenvalue weighted by atomic mass is 15.1. The number of aromatic nitrogens is 2. The second kappa shape index (κ2) is 5.14. The van der Waals surface area contributed by atoms with E-state index in [1.54, 1.807) is 6.33 Å². The average molecular weight is 220 g/mol. The Bertz CT molecular complexity index is 347. The maximum absolute atomic E-state index is 4.33. The second-order valence-corrected chi connectivity index (χ2v) is 4.26. The van der Waals surface area contributed by atoms with E-state index in [1.165, 1.54) is 18.4 Å². The van der Waals surface area contributed by atoms with Crippen LogP contribution in [-0.4, -0.2) is 23.1 Å². The molecule has 1 heterocycles. The van der Waals surface area contributed by atoms with Crippen LogP contribution in [0.3, 0.4) is 0 Å². The summed E-state index contributed by atoms with van der Waals surface area (Å²) in [7, 11) is 0. The van der Waals surface area contributed by atoms with Crippen molar-refractivity contribution in [3.8, 4) is 0 Å². The molecule has 1 aromatic rings. The van der Waals surface area contributed by atoms with Gasteiger partial charge in [-0.3, -0.25) is 0 Å². The van der Waals surface area contributed by atoms with Crippen LogP contribution in [0.1, 0.15) is 32.3 Å². The van der Waals surface area contributed by atoms with Gasteiger partial charge >= 0.3 is 0 Å². The van der Waals surface area contributed by atoms with Gasteiger partial charge in [-0.05, 0) is 32.1 Å². The number of hydrogen-bond donors (Lipinski definition) is 2. The van der Waals surface area contributed by atoms with E-state index in [4.69, 9.17) is 0 Å². The van der Waals surface area contributed by atoms with Crippen LogP contribution >= 0.6 is 0 Å². The minimum absolute atomic E-state index is 0.863. The number of nitrogens with zero attached hydrogens (tertiary/aromatic N) is 2. The van der Waals surface area contributed by atoms with Crippen LogP contribution in [-0.2, 0) is 6.42 Å². The van der Waals surface area contributed by atoms with Gasteiger partial charge in [-0.25, -0.2) is 9.97 Å². The first-order chi connectivity index (χ1) is 7.85. The molecule has 4 nitrogen and oxygen atoms in total. The van der Waals surface area contributed by atoms with E-state index in [1.807, 2.05) is 0 Å². The SMILES string of the molecule is CCNc1ncnc(NCC2CC2)c1CC. The summed E-state index contributed by atoms with van der Waals surface area (Å²) >= 11 is 0. The van der Waals surface area contributed by atoms with Gasteiger partial charge in [0.25, 0.3) is 0 Å². The van der Waals surface area contributed by atoms with Gasteiger partial charge in [0.15, 0.2) is 0 Å². The van der Waals surface area contributed by atoms with Gasteiger partial charge < -0.3 is 10.6 Å². The van der Waals surface area contributed by atoms with E-state index < -0.39 is 0 Å². The maximum Gasteiger partial charge on any atom is 0.134 e. The zero-order valence-electron chi connectivity index (χ0n) is 10.1. The molecule has 1 aliphatic carbocycles. The molecule has 0 bridgehead atoms. The molecule has 0 radical (unpaired) electrons. The first kappa shape index (κ1) is 11.2. The molecule has 0 spiro atoms. The minimum Gasteiger partial charge on any atom is -0.370 e. The van der Waals surface area contributed by atoms with Crippen LogP contribution in [0.25, 0.3) is 0 Å². The van der Waals surface area contributed by atoms with Crippen molar-refractivity contribution >= 4 is 11.6 Å². The lowest BCUT2D eigenvalue weighted by Gasteiger charge is -2.13. The molecule has 2 N–H and O–H groups in total. The summed E-state index contributed by atoms with van der Waals surface area (Å²) in [6.45, 7) is 6.17. The zero-order chi connectivity index (χ0) is 11.4. The van der Waals surface area contributed by atoms with Gasteiger partial charge in [0.05, 0.1) is 0 Å². The van der Waals surface area contributed by atoms with Crippen LogP contribution in [0.5, 0.6) is 0 Å². The zero-order valence-corrected chi connectivity index (χ0v) is 10.1. The van der Waals surface area contributed by atoms with Crippen molar-refractivity contribution in [1.29, 1.82) is 0 Å². The Labute approximate surface area is 96.9 Å².